The van der Waals surface area contributed by atoms with Crippen molar-refractivity contribution in [2.45, 2.75) is 6.92 Å². The minimum Gasteiger partial charge on any atom is -0.496 e. The molecule has 0 atom stereocenters. The maximum absolute atomic E-state index is 11.0. The second-order valence-electron chi connectivity index (χ2n) is 3.41. The normalized spacial score (nSPS) is 10.1. The van der Waals surface area contributed by atoms with Gasteiger partial charge in [-0.25, -0.2) is 0 Å². The number of hydrogen-bond acceptors (Lipinski definition) is 3. The summed E-state index contributed by atoms with van der Waals surface area (Å²) >= 11 is 0. The Balaban J connectivity index is 2.64. The SMILES string of the molecule is COc1ccc(OC(C)=O)c2ccccc12. The Kier molecular flexibility index (Phi) is 2.77. The van der Waals surface area contributed by atoms with E-state index in [2.05, 4.69) is 0 Å². The molecule has 0 aliphatic rings. The third-order valence-electron chi connectivity index (χ3n) is 2.32. The molecule has 0 bridgehead atoms. The summed E-state index contributed by atoms with van der Waals surface area (Å²) in [7, 11) is 1.62. The van der Waals surface area contributed by atoms with Crippen molar-refractivity contribution in [2.24, 2.45) is 0 Å². The topological polar surface area (TPSA) is 35.5 Å². The average molecular weight is 216 g/mol. The number of rotatable bonds is 2. The molecule has 0 aliphatic carbocycles. The van der Waals surface area contributed by atoms with Crippen LogP contribution in [0.5, 0.6) is 11.5 Å². The number of carbonyl (C=O) groups is 1. The summed E-state index contributed by atoms with van der Waals surface area (Å²) in [6.45, 7) is 1.39. The van der Waals surface area contributed by atoms with Gasteiger partial charge in [-0.05, 0) is 12.1 Å². The van der Waals surface area contributed by atoms with Gasteiger partial charge in [-0.2, -0.15) is 0 Å². The predicted molar refractivity (Wildman–Crippen MR) is 61.8 cm³/mol. The van der Waals surface area contributed by atoms with Gasteiger partial charge in [0.1, 0.15) is 11.5 Å². The van der Waals surface area contributed by atoms with Crippen LogP contribution in [0.25, 0.3) is 10.8 Å². The van der Waals surface area contributed by atoms with Crippen LogP contribution >= 0.6 is 0 Å². The van der Waals surface area contributed by atoms with Gasteiger partial charge in [-0.15, -0.1) is 0 Å². The summed E-state index contributed by atoms with van der Waals surface area (Å²) in [4.78, 5) is 11.0. The van der Waals surface area contributed by atoms with Gasteiger partial charge in [0, 0.05) is 17.7 Å². The minimum absolute atomic E-state index is 0.324. The lowest BCUT2D eigenvalue weighted by atomic mass is 10.1. The Hall–Kier alpha value is -2.03. The van der Waals surface area contributed by atoms with Gasteiger partial charge >= 0.3 is 5.97 Å². The summed E-state index contributed by atoms with van der Waals surface area (Å²) in [5.74, 6) is 1.01. The van der Waals surface area contributed by atoms with Crippen LogP contribution < -0.4 is 9.47 Å². The average Bonchev–Trinajstić information content (AvgIpc) is 2.29. The molecule has 3 nitrogen and oxygen atoms in total. The molecule has 16 heavy (non-hydrogen) atoms. The van der Waals surface area contributed by atoms with Gasteiger partial charge in [-0.1, -0.05) is 24.3 Å². The fourth-order valence-electron chi connectivity index (χ4n) is 1.67. The molecule has 0 spiro atoms. The third-order valence-corrected chi connectivity index (χ3v) is 2.32. The van der Waals surface area contributed by atoms with Gasteiger partial charge in [0.15, 0.2) is 0 Å². The summed E-state index contributed by atoms with van der Waals surface area (Å²) < 4.78 is 10.4. The van der Waals surface area contributed by atoms with Crippen LogP contribution in [0.1, 0.15) is 6.92 Å². The van der Waals surface area contributed by atoms with Crippen LogP contribution in [0, 0.1) is 0 Å². The second kappa shape index (κ2) is 4.23. The first kappa shape index (κ1) is 10.5. The van der Waals surface area contributed by atoms with Crippen LogP contribution in [0.4, 0.5) is 0 Å². The Labute approximate surface area is 93.6 Å². The van der Waals surface area contributed by atoms with Crippen molar-refractivity contribution >= 4 is 16.7 Å². The highest BCUT2D eigenvalue weighted by atomic mass is 16.5. The minimum atomic E-state index is -0.324. The predicted octanol–water partition coefficient (Wildman–Crippen LogP) is 2.77. The maximum Gasteiger partial charge on any atom is 0.308 e. The zero-order valence-corrected chi connectivity index (χ0v) is 9.19. The van der Waals surface area contributed by atoms with E-state index in [0.29, 0.717) is 5.75 Å². The van der Waals surface area contributed by atoms with Crippen molar-refractivity contribution in [1.29, 1.82) is 0 Å². The van der Waals surface area contributed by atoms with Crippen molar-refractivity contribution in [2.75, 3.05) is 7.11 Å². The van der Waals surface area contributed by atoms with Gasteiger partial charge in [-0.3, -0.25) is 4.79 Å². The molecule has 0 saturated carbocycles. The van der Waals surface area contributed by atoms with E-state index in [9.17, 15) is 4.79 Å². The standard InChI is InChI=1S/C13H12O3/c1-9(14)16-13-8-7-12(15-2)10-5-3-4-6-11(10)13/h3-8H,1-2H3. The van der Waals surface area contributed by atoms with Crippen molar-refractivity contribution < 1.29 is 14.3 Å². The number of benzene rings is 2. The molecule has 0 amide bonds. The number of carbonyl (C=O) groups excluding carboxylic acids is 1. The Morgan fingerprint density at radius 2 is 1.56 bits per heavy atom. The lowest BCUT2D eigenvalue weighted by Gasteiger charge is -2.09. The van der Waals surface area contributed by atoms with E-state index in [1.54, 1.807) is 19.2 Å². The number of fused-ring (bicyclic) bond motifs is 1. The molecule has 0 aliphatic heterocycles. The molecule has 0 heterocycles. The second-order valence-corrected chi connectivity index (χ2v) is 3.41. The quantitative estimate of drug-likeness (QED) is 0.572. The first-order valence-corrected chi connectivity index (χ1v) is 4.96. The Morgan fingerprint density at radius 1 is 1.00 bits per heavy atom. The lowest BCUT2D eigenvalue weighted by Crippen LogP contribution is -2.02. The molecule has 0 radical (unpaired) electrons. The largest absolute Gasteiger partial charge is 0.496 e. The van der Waals surface area contributed by atoms with Crippen molar-refractivity contribution in [3.8, 4) is 11.5 Å². The first-order chi connectivity index (χ1) is 7.72. The third kappa shape index (κ3) is 1.84. The van der Waals surface area contributed by atoms with Gasteiger partial charge < -0.3 is 9.47 Å². The molecule has 0 aromatic heterocycles. The van der Waals surface area contributed by atoms with Gasteiger partial charge in [0.05, 0.1) is 7.11 Å². The van der Waals surface area contributed by atoms with E-state index in [0.717, 1.165) is 16.5 Å². The summed E-state index contributed by atoms with van der Waals surface area (Å²) in [5.41, 5.74) is 0. The summed E-state index contributed by atoms with van der Waals surface area (Å²) in [6, 6.07) is 11.2. The zero-order chi connectivity index (χ0) is 11.5. The fourth-order valence-corrected chi connectivity index (χ4v) is 1.67. The molecule has 0 saturated heterocycles. The monoisotopic (exact) mass is 216 g/mol. The molecule has 82 valence electrons. The lowest BCUT2D eigenvalue weighted by molar-refractivity contribution is -0.131. The number of methoxy groups -OCH3 is 1. The molecule has 0 N–H and O–H groups in total. The van der Waals surface area contributed by atoms with Crippen molar-refractivity contribution in [1.82, 2.24) is 0 Å². The van der Waals surface area contributed by atoms with Crippen LogP contribution in [0.15, 0.2) is 36.4 Å². The van der Waals surface area contributed by atoms with Crippen LogP contribution in [-0.4, -0.2) is 13.1 Å². The van der Waals surface area contributed by atoms with Gasteiger partial charge in [0.2, 0.25) is 0 Å². The smallest absolute Gasteiger partial charge is 0.308 e. The first-order valence-electron chi connectivity index (χ1n) is 4.96. The summed E-state index contributed by atoms with van der Waals surface area (Å²) in [5, 5.41) is 1.81. The molecule has 0 unspecified atom stereocenters. The Morgan fingerprint density at radius 3 is 2.12 bits per heavy atom. The van der Waals surface area contributed by atoms with Crippen LogP contribution in [-0.2, 0) is 4.79 Å². The molecule has 2 rings (SSSR count). The number of ether oxygens (including phenoxy) is 2. The van der Waals surface area contributed by atoms with Crippen LogP contribution in [0.2, 0.25) is 0 Å². The van der Waals surface area contributed by atoms with Gasteiger partial charge in [0.25, 0.3) is 0 Å². The van der Waals surface area contributed by atoms with E-state index in [-0.39, 0.29) is 5.97 Å². The van der Waals surface area contributed by atoms with Crippen molar-refractivity contribution in [3.63, 3.8) is 0 Å². The molecule has 2 aromatic carbocycles. The number of esters is 1. The molecule has 2 aromatic rings. The molecular weight excluding hydrogens is 204 g/mol. The molecular formula is C13H12O3. The maximum atomic E-state index is 11.0. The Bertz CT molecular complexity index is 532. The van der Waals surface area contributed by atoms with E-state index in [1.165, 1.54) is 6.92 Å². The van der Waals surface area contributed by atoms with E-state index in [1.807, 2.05) is 24.3 Å². The highest BCUT2D eigenvalue weighted by molar-refractivity contribution is 5.94. The molecule has 0 fully saturated rings. The fraction of sp³-hybridized carbons (Fsp3) is 0.154. The van der Waals surface area contributed by atoms with E-state index in [4.69, 9.17) is 9.47 Å². The summed E-state index contributed by atoms with van der Waals surface area (Å²) in [6.07, 6.45) is 0. The van der Waals surface area contributed by atoms with Crippen LogP contribution in [0.3, 0.4) is 0 Å². The zero-order valence-electron chi connectivity index (χ0n) is 9.19. The van der Waals surface area contributed by atoms with E-state index >= 15 is 0 Å². The number of hydrogen-bond donors (Lipinski definition) is 0. The van der Waals surface area contributed by atoms with E-state index < -0.39 is 0 Å². The highest BCUT2D eigenvalue weighted by Gasteiger charge is 2.07. The molecule has 3 heteroatoms. The van der Waals surface area contributed by atoms with Crippen molar-refractivity contribution in [3.05, 3.63) is 36.4 Å². The highest BCUT2D eigenvalue weighted by Crippen LogP contribution is 2.32.